The summed E-state index contributed by atoms with van der Waals surface area (Å²) in [6.07, 6.45) is 1.82. The standard InChI is InChI=1S/C18H24N4O3S/c1-13-5-7-15(8-6-13)26(24,25)22-16(23)21-20-14-9-17(2,3)11-18(4,10-14)12-19/h5-8H,9-11H2,1-4H3,(H2,21,22,23)/b20-14-. The largest absolute Gasteiger partial charge is 0.349 e. The monoisotopic (exact) mass is 376 g/mol. The molecule has 0 spiro atoms. The number of amides is 2. The quantitative estimate of drug-likeness (QED) is 0.790. The highest BCUT2D eigenvalue weighted by molar-refractivity contribution is 7.90. The maximum atomic E-state index is 12.2. The first-order chi connectivity index (χ1) is 11.9. The number of hydrogen-bond acceptors (Lipinski definition) is 5. The van der Waals surface area contributed by atoms with Gasteiger partial charge in [0.1, 0.15) is 0 Å². The number of nitrogens with zero attached hydrogens (tertiary/aromatic N) is 2. The maximum absolute atomic E-state index is 12.2. The van der Waals surface area contributed by atoms with Crippen LogP contribution in [0.15, 0.2) is 34.3 Å². The first-order valence-corrected chi connectivity index (χ1v) is 9.79. The molecule has 7 nitrogen and oxygen atoms in total. The minimum Gasteiger partial charge on any atom is -0.246 e. The van der Waals surface area contributed by atoms with Crippen LogP contribution in [0.4, 0.5) is 4.79 Å². The third kappa shape index (κ3) is 5.05. The van der Waals surface area contributed by atoms with Crippen molar-refractivity contribution < 1.29 is 13.2 Å². The molecule has 1 aliphatic rings. The van der Waals surface area contributed by atoms with Gasteiger partial charge in [0, 0.05) is 12.1 Å². The number of benzene rings is 1. The minimum atomic E-state index is -3.96. The lowest BCUT2D eigenvalue weighted by Gasteiger charge is -2.39. The molecule has 26 heavy (non-hydrogen) atoms. The summed E-state index contributed by atoms with van der Waals surface area (Å²) in [7, 11) is -3.96. The summed E-state index contributed by atoms with van der Waals surface area (Å²) in [6.45, 7) is 7.79. The van der Waals surface area contributed by atoms with E-state index >= 15 is 0 Å². The number of urea groups is 1. The van der Waals surface area contributed by atoms with E-state index in [2.05, 4.69) is 16.6 Å². The second kappa shape index (κ2) is 7.08. The zero-order valence-corrected chi connectivity index (χ0v) is 16.3. The molecule has 140 valence electrons. The van der Waals surface area contributed by atoms with Gasteiger partial charge >= 0.3 is 6.03 Å². The Hall–Kier alpha value is -2.40. The average molecular weight is 376 g/mol. The fourth-order valence-electron chi connectivity index (χ4n) is 3.46. The second-order valence-electron chi connectivity index (χ2n) is 7.90. The molecule has 1 fully saturated rings. The number of carbonyl (C=O) groups is 1. The molecule has 1 unspecified atom stereocenters. The smallest absolute Gasteiger partial charge is 0.246 e. The molecule has 0 saturated heterocycles. The molecule has 0 aromatic heterocycles. The van der Waals surface area contributed by atoms with Crippen molar-refractivity contribution in [2.75, 3.05) is 0 Å². The van der Waals surface area contributed by atoms with Gasteiger partial charge in [-0.15, -0.1) is 0 Å². The molecule has 1 saturated carbocycles. The van der Waals surface area contributed by atoms with Gasteiger partial charge in [0.05, 0.1) is 16.4 Å². The molecule has 0 bridgehead atoms. The number of nitrogens with one attached hydrogen (secondary N) is 2. The van der Waals surface area contributed by atoms with Gasteiger partial charge in [0.2, 0.25) is 0 Å². The van der Waals surface area contributed by atoms with Crippen molar-refractivity contribution in [2.45, 2.75) is 51.9 Å². The molecular weight excluding hydrogens is 352 g/mol. The molecule has 1 aromatic rings. The Morgan fingerprint density at radius 2 is 1.81 bits per heavy atom. The van der Waals surface area contributed by atoms with Gasteiger partial charge in [0.15, 0.2) is 0 Å². The third-order valence-corrected chi connectivity index (χ3v) is 5.64. The minimum absolute atomic E-state index is 0.00163. The summed E-state index contributed by atoms with van der Waals surface area (Å²) in [5.41, 5.74) is 3.16. The zero-order valence-electron chi connectivity index (χ0n) is 15.5. The summed E-state index contributed by atoms with van der Waals surface area (Å²) in [5.74, 6) is 0. The Labute approximate surface area is 154 Å². The van der Waals surface area contributed by atoms with Crippen LogP contribution in [-0.4, -0.2) is 20.2 Å². The van der Waals surface area contributed by atoms with Crippen LogP contribution in [0.3, 0.4) is 0 Å². The molecule has 2 rings (SSSR count). The highest BCUT2D eigenvalue weighted by Gasteiger charge is 2.40. The average Bonchev–Trinajstić information content (AvgIpc) is 2.51. The van der Waals surface area contributed by atoms with E-state index in [1.54, 1.807) is 12.1 Å². The topological polar surface area (TPSA) is 111 Å². The zero-order chi connectivity index (χ0) is 19.6. The first-order valence-electron chi connectivity index (χ1n) is 8.31. The van der Waals surface area contributed by atoms with Crippen LogP contribution in [0.5, 0.6) is 0 Å². The van der Waals surface area contributed by atoms with Crippen LogP contribution >= 0.6 is 0 Å². The molecule has 2 N–H and O–H groups in total. The van der Waals surface area contributed by atoms with Crippen LogP contribution in [0.1, 0.15) is 45.6 Å². The number of carbonyl (C=O) groups excluding carboxylic acids is 1. The fraction of sp³-hybridized carbons (Fsp3) is 0.500. The van der Waals surface area contributed by atoms with Crippen LogP contribution < -0.4 is 10.1 Å². The Morgan fingerprint density at radius 3 is 2.38 bits per heavy atom. The molecule has 0 radical (unpaired) electrons. The Kier molecular flexibility index (Phi) is 5.42. The van der Waals surface area contributed by atoms with Crippen molar-refractivity contribution in [2.24, 2.45) is 15.9 Å². The summed E-state index contributed by atoms with van der Waals surface area (Å²) >= 11 is 0. The molecule has 2 amide bonds. The van der Waals surface area contributed by atoms with Crippen molar-refractivity contribution in [1.29, 1.82) is 5.26 Å². The van der Waals surface area contributed by atoms with Gasteiger partial charge in [-0.1, -0.05) is 31.5 Å². The summed E-state index contributed by atoms with van der Waals surface area (Å²) in [5, 5.41) is 13.4. The van der Waals surface area contributed by atoms with Crippen LogP contribution in [-0.2, 0) is 10.0 Å². The number of hydrogen-bond donors (Lipinski definition) is 2. The lowest BCUT2D eigenvalue weighted by Crippen LogP contribution is -2.39. The molecule has 0 heterocycles. The number of hydrazone groups is 1. The van der Waals surface area contributed by atoms with Crippen LogP contribution in [0.25, 0.3) is 0 Å². The van der Waals surface area contributed by atoms with E-state index in [4.69, 9.17) is 0 Å². The van der Waals surface area contributed by atoms with Gasteiger partial charge < -0.3 is 0 Å². The lowest BCUT2D eigenvalue weighted by atomic mass is 9.64. The highest BCUT2D eigenvalue weighted by Crippen LogP contribution is 2.44. The van der Waals surface area contributed by atoms with Crippen molar-refractivity contribution in [3.63, 3.8) is 0 Å². The normalized spacial score (nSPS) is 23.9. The number of nitriles is 1. The molecule has 1 aliphatic carbocycles. The summed E-state index contributed by atoms with van der Waals surface area (Å²) < 4.78 is 26.3. The third-order valence-electron chi connectivity index (χ3n) is 4.29. The molecule has 0 aliphatic heterocycles. The van der Waals surface area contributed by atoms with Crippen LogP contribution in [0.2, 0.25) is 0 Å². The summed E-state index contributed by atoms with van der Waals surface area (Å²) in [4.78, 5) is 12.0. The Bertz CT molecular complexity index is 867. The van der Waals surface area contributed by atoms with E-state index in [1.807, 2.05) is 32.4 Å². The Morgan fingerprint density at radius 1 is 1.19 bits per heavy atom. The molecular formula is C18H24N4O3S. The van der Waals surface area contributed by atoms with E-state index in [0.29, 0.717) is 18.6 Å². The van der Waals surface area contributed by atoms with Gasteiger partial charge in [-0.2, -0.15) is 10.4 Å². The second-order valence-corrected chi connectivity index (χ2v) is 9.59. The van der Waals surface area contributed by atoms with Gasteiger partial charge in [-0.05, 0) is 44.2 Å². The van der Waals surface area contributed by atoms with Gasteiger partial charge in [-0.25, -0.2) is 23.4 Å². The van der Waals surface area contributed by atoms with Crippen molar-refractivity contribution in [3.05, 3.63) is 29.8 Å². The molecule has 8 heteroatoms. The van der Waals surface area contributed by atoms with Gasteiger partial charge in [-0.3, -0.25) is 0 Å². The van der Waals surface area contributed by atoms with Crippen molar-refractivity contribution >= 4 is 21.8 Å². The number of rotatable bonds is 3. The predicted octanol–water partition coefficient (Wildman–Crippen LogP) is 3.08. The first kappa shape index (κ1) is 19.9. The number of sulfonamides is 1. The predicted molar refractivity (Wildman–Crippen MR) is 98.8 cm³/mol. The van der Waals surface area contributed by atoms with Gasteiger partial charge in [0.25, 0.3) is 10.0 Å². The van der Waals surface area contributed by atoms with Crippen LogP contribution in [0, 0.1) is 29.1 Å². The van der Waals surface area contributed by atoms with E-state index < -0.39 is 21.5 Å². The molecule has 1 atom stereocenters. The maximum Gasteiger partial charge on any atom is 0.349 e. The van der Waals surface area contributed by atoms with E-state index in [0.717, 1.165) is 12.0 Å². The fourth-order valence-corrected chi connectivity index (χ4v) is 4.36. The van der Waals surface area contributed by atoms with E-state index in [1.165, 1.54) is 12.1 Å². The summed E-state index contributed by atoms with van der Waals surface area (Å²) in [6, 6.07) is 7.55. The van der Waals surface area contributed by atoms with Crippen molar-refractivity contribution in [1.82, 2.24) is 10.1 Å². The van der Waals surface area contributed by atoms with E-state index in [-0.39, 0.29) is 10.3 Å². The lowest BCUT2D eigenvalue weighted by molar-refractivity contribution is 0.213. The van der Waals surface area contributed by atoms with Crippen molar-refractivity contribution in [3.8, 4) is 6.07 Å². The van der Waals surface area contributed by atoms with E-state index in [9.17, 15) is 18.5 Å². The molecule has 1 aromatic carbocycles. The Balaban J connectivity index is 2.07. The highest BCUT2D eigenvalue weighted by atomic mass is 32.2. The number of aryl methyl sites for hydroxylation is 1. The SMILES string of the molecule is Cc1ccc(S(=O)(=O)NC(=O)N/N=C2/CC(C)(C)CC(C)(C#N)C2)cc1.